The van der Waals surface area contributed by atoms with Crippen molar-refractivity contribution < 1.29 is 22.7 Å². The Kier molecular flexibility index (Phi) is 6.78. The molecule has 2 aromatic heterocycles. The van der Waals surface area contributed by atoms with Gasteiger partial charge in [0.05, 0.1) is 42.2 Å². The molecular weight excluding hydrogens is 496 g/mol. The first-order valence-electron chi connectivity index (χ1n) is 12.1. The fourth-order valence-corrected chi connectivity index (χ4v) is 5.97. The third-order valence-corrected chi connectivity index (χ3v) is 8.60. The van der Waals surface area contributed by atoms with Crippen LogP contribution >= 0.6 is 0 Å². The third-order valence-electron chi connectivity index (χ3n) is 6.78. The molecule has 3 heterocycles. The summed E-state index contributed by atoms with van der Waals surface area (Å²) in [5.74, 6) is -0.640. The molecule has 1 aliphatic heterocycles. The van der Waals surface area contributed by atoms with Crippen molar-refractivity contribution in [3.05, 3.63) is 60.2 Å². The number of nitrogens with two attached hydrogens (primary N) is 1. The van der Waals surface area contributed by atoms with E-state index in [0.717, 1.165) is 11.1 Å². The monoisotopic (exact) mass is 524 g/mol. The number of benzene rings is 1. The van der Waals surface area contributed by atoms with Gasteiger partial charge in [-0.3, -0.25) is 14.5 Å². The Morgan fingerprint density at radius 2 is 1.97 bits per heavy atom. The molecule has 0 bridgehead atoms. The SMILES string of the molecule is CCOc1cncc(-c2ccc(C3COCCC3(C(N)=O)c3ccnc(NS(=O)(=O)C4CC4)n3)cc2)n1. The molecule has 2 atom stereocenters. The van der Waals surface area contributed by atoms with Crippen LogP contribution in [-0.2, 0) is 25.0 Å². The van der Waals surface area contributed by atoms with Crippen molar-refractivity contribution >= 4 is 21.9 Å². The van der Waals surface area contributed by atoms with Gasteiger partial charge in [0.2, 0.25) is 27.8 Å². The number of carbonyl (C=O) groups is 1. The maximum atomic E-state index is 13.1. The molecule has 2 fully saturated rings. The van der Waals surface area contributed by atoms with Crippen LogP contribution in [0.2, 0.25) is 0 Å². The van der Waals surface area contributed by atoms with Crippen LogP contribution in [0.1, 0.15) is 43.4 Å². The number of hydrogen-bond acceptors (Lipinski definition) is 9. The molecule has 3 N–H and O–H groups in total. The summed E-state index contributed by atoms with van der Waals surface area (Å²) in [6.45, 7) is 2.92. The van der Waals surface area contributed by atoms with E-state index in [4.69, 9.17) is 15.2 Å². The highest BCUT2D eigenvalue weighted by Crippen LogP contribution is 2.44. The quantitative estimate of drug-likeness (QED) is 0.427. The number of primary amides is 1. The minimum Gasteiger partial charge on any atom is -0.477 e. The Hall–Kier alpha value is -3.64. The van der Waals surface area contributed by atoms with Crippen LogP contribution in [-0.4, -0.2) is 59.3 Å². The average Bonchev–Trinajstić information content (AvgIpc) is 3.76. The summed E-state index contributed by atoms with van der Waals surface area (Å²) in [6, 6.07) is 9.20. The average molecular weight is 525 g/mol. The van der Waals surface area contributed by atoms with Crippen LogP contribution in [0, 0.1) is 0 Å². The van der Waals surface area contributed by atoms with Gasteiger partial charge in [0.1, 0.15) is 5.41 Å². The fraction of sp³-hybridized carbons (Fsp3) is 0.400. The van der Waals surface area contributed by atoms with Gasteiger partial charge in [0, 0.05) is 24.3 Å². The number of hydrogen-bond donors (Lipinski definition) is 2. The van der Waals surface area contributed by atoms with E-state index in [2.05, 4.69) is 24.7 Å². The number of nitrogens with zero attached hydrogens (tertiary/aromatic N) is 4. The van der Waals surface area contributed by atoms with Gasteiger partial charge < -0.3 is 15.2 Å². The number of sulfonamides is 1. The fourth-order valence-electron chi connectivity index (χ4n) is 4.70. The normalized spacial score (nSPS) is 21.8. The lowest BCUT2D eigenvalue weighted by Crippen LogP contribution is -2.51. The zero-order chi connectivity index (χ0) is 26.0. The number of nitrogens with one attached hydrogen (secondary N) is 1. The third kappa shape index (κ3) is 4.98. The molecular formula is C25H28N6O5S. The topological polar surface area (TPSA) is 159 Å². The van der Waals surface area contributed by atoms with E-state index in [1.54, 1.807) is 18.5 Å². The summed E-state index contributed by atoms with van der Waals surface area (Å²) in [5, 5.41) is -0.432. The van der Waals surface area contributed by atoms with E-state index < -0.39 is 32.5 Å². The zero-order valence-electron chi connectivity index (χ0n) is 20.3. The largest absolute Gasteiger partial charge is 0.477 e. The second-order valence-corrected chi connectivity index (χ2v) is 11.1. The Bertz CT molecular complexity index is 1400. The number of amides is 1. The summed E-state index contributed by atoms with van der Waals surface area (Å²) in [5.41, 5.74) is 7.50. The van der Waals surface area contributed by atoms with Gasteiger partial charge in [-0.1, -0.05) is 24.3 Å². The second kappa shape index (κ2) is 10.0. The minimum atomic E-state index is -3.57. The molecule has 5 rings (SSSR count). The van der Waals surface area contributed by atoms with Crippen molar-refractivity contribution in [1.29, 1.82) is 0 Å². The molecule has 3 aromatic rings. The molecule has 1 aromatic carbocycles. The van der Waals surface area contributed by atoms with Crippen molar-refractivity contribution in [2.45, 2.75) is 42.8 Å². The Labute approximate surface area is 214 Å². The van der Waals surface area contributed by atoms with Crippen LogP contribution in [0.15, 0.2) is 48.9 Å². The second-order valence-electron chi connectivity index (χ2n) is 9.12. The van der Waals surface area contributed by atoms with Crippen molar-refractivity contribution in [2.24, 2.45) is 5.73 Å². The smallest absolute Gasteiger partial charge is 0.237 e. The lowest BCUT2D eigenvalue weighted by Gasteiger charge is -2.41. The molecule has 11 nitrogen and oxygen atoms in total. The van der Waals surface area contributed by atoms with Gasteiger partial charge >= 0.3 is 0 Å². The van der Waals surface area contributed by atoms with Crippen molar-refractivity contribution in [3.63, 3.8) is 0 Å². The maximum Gasteiger partial charge on any atom is 0.237 e. The van der Waals surface area contributed by atoms with Gasteiger partial charge in [0.15, 0.2) is 0 Å². The zero-order valence-corrected chi connectivity index (χ0v) is 21.1. The van der Waals surface area contributed by atoms with Gasteiger partial charge in [-0.05, 0) is 37.8 Å². The molecule has 2 unspecified atom stereocenters. The molecule has 37 heavy (non-hydrogen) atoms. The number of carbonyl (C=O) groups excluding carboxylic acids is 1. The van der Waals surface area contributed by atoms with Crippen LogP contribution in [0.3, 0.4) is 0 Å². The van der Waals surface area contributed by atoms with Gasteiger partial charge in [-0.2, -0.15) is 0 Å². The molecule has 2 aliphatic rings. The van der Waals surface area contributed by atoms with Crippen LogP contribution in [0.25, 0.3) is 11.3 Å². The first-order chi connectivity index (χ1) is 17.8. The van der Waals surface area contributed by atoms with E-state index in [1.807, 2.05) is 31.2 Å². The van der Waals surface area contributed by atoms with Crippen molar-refractivity contribution in [2.75, 3.05) is 24.5 Å². The van der Waals surface area contributed by atoms with E-state index in [-0.39, 0.29) is 12.6 Å². The van der Waals surface area contributed by atoms with Crippen LogP contribution in [0.4, 0.5) is 5.95 Å². The van der Waals surface area contributed by atoms with Gasteiger partial charge in [-0.25, -0.2) is 23.4 Å². The number of rotatable bonds is 9. The first-order valence-corrected chi connectivity index (χ1v) is 13.7. The molecule has 0 spiro atoms. The summed E-state index contributed by atoms with van der Waals surface area (Å²) in [6.07, 6.45) is 6.16. The molecule has 1 saturated carbocycles. The summed E-state index contributed by atoms with van der Waals surface area (Å²) in [4.78, 5) is 30.3. The van der Waals surface area contributed by atoms with E-state index >= 15 is 0 Å². The van der Waals surface area contributed by atoms with Crippen molar-refractivity contribution in [1.82, 2.24) is 19.9 Å². The first kappa shape index (κ1) is 25.0. The highest BCUT2D eigenvalue weighted by molar-refractivity contribution is 7.93. The number of ether oxygens (including phenoxy) is 2. The van der Waals surface area contributed by atoms with Gasteiger partial charge in [0.25, 0.3) is 0 Å². The van der Waals surface area contributed by atoms with E-state index in [9.17, 15) is 13.2 Å². The van der Waals surface area contributed by atoms with E-state index in [1.165, 1.54) is 6.20 Å². The number of aromatic nitrogens is 4. The highest BCUT2D eigenvalue weighted by Gasteiger charge is 2.50. The van der Waals surface area contributed by atoms with Crippen molar-refractivity contribution in [3.8, 4) is 17.1 Å². The predicted molar refractivity (Wildman–Crippen MR) is 135 cm³/mol. The molecule has 1 aliphatic carbocycles. The summed E-state index contributed by atoms with van der Waals surface area (Å²) in [7, 11) is -3.57. The van der Waals surface area contributed by atoms with E-state index in [0.29, 0.717) is 49.7 Å². The number of anilines is 1. The Morgan fingerprint density at radius 3 is 2.68 bits per heavy atom. The molecule has 12 heteroatoms. The summed E-state index contributed by atoms with van der Waals surface area (Å²) >= 11 is 0. The minimum absolute atomic E-state index is 0.0710. The standard InChI is InChI=1S/C25H28N6O5S/c1-2-36-22-14-27-13-20(29-22)17-5-3-16(4-6-17)19-15-35-12-10-25(19,23(26)32)21-9-11-28-24(30-21)31-37(33,34)18-7-8-18/h3-6,9,11,13-14,18-19H,2,7-8,10,12,15H2,1H3,(H2,26,32)(H,28,30,31). The highest BCUT2D eigenvalue weighted by atomic mass is 32.2. The Morgan fingerprint density at radius 1 is 1.19 bits per heavy atom. The molecule has 194 valence electrons. The van der Waals surface area contributed by atoms with Crippen LogP contribution in [0.5, 0.6) is 5.88 Å². The lowest BCUT2D eigenvalue weighted by molar-refractivity contribution is -0.128. The maximum absolute atomic E-state index is 13.1. The van der Waals surface area contributed by atoms with Gasteiger partial charge in [-0.15, -0.1) is 0 Å². The Balaban J connectivity index is 1.48. The molecule has 1 amide bonds. The summed E-state index contributed by atoms with van der Waals surface area (Å²) < 4.78 is 38.5. The molecule has 1 saturated heterocycles. The molecule has 0 radical (unpaired) electrons. The lowest BCUT2D eigenvalue weighted by atomic mass is 9.66. The predicted octanol–water partition coefficient (Wildman–Crippen LogP) is 2.16. The van der Waals surface area contributed by atoms with Crippen LogP contribution < -0.4 is 15.2 Å².